The zero-order chi connectivity index (χ0) is 25.9. The van der Waals surface area contributed by atoms with E-state index in [9.17, 15) is 83.4 Å². The van der Waals surface area contributed by atoms with Crippen LogP contribution in [0.2, 0.25) is 0 Å². The van der Waals surface area contributed by atoms with Gasteiger partial charge in [-0.2, -0.15) is 83.4 Å². The van der Waals surface area contributed by atoms with Crippen LogP contribution in [0.15, 0.2) is 0 Å². The van der Waals surface area contributed by atoms with Crippen LogP contribution in [-0.4, -0.2) is 67.1 Å². The number of hydrogen-bond donors (Lipinski definition) is 1. The molecule has 0 aliphatic carbocycles. The largest absolute Gasteiger partial charge is 0.460 e. The summed E-state index contributed by atoms with van der Waals surface area (Å²) in [5.41, 5.74) is 0. The minimum Gasteiger partial charge on any atom is -0.314 e. The molecule has 0 heterocycles. The predicted molar refractivity (Wildman–Crippen MR) is 59.6 cm³/mol. The van der Waals surface area contributed by atoms with E-state index in [-0.39, 0.29) is 7.05 Å². The molecule has 0 atom stereocenters. The minimum absolute atomic E-state index is 0.281. The highest BCUT2D eigenvalue weighted by molar-refractivity contribution is 5.16. The van der Waals surface area contributed by atoms with Crippen molar-refractivity contribution in [2.24, 2.45) is 0 Å². The Morgan fingerprint density at radius 2 is 0.613 bits per heavy atom. The van der Waals surface area contributed by atoms with Gasteiger partial charge in [-0.05, 0) is 7.05 Å². The smallest absolute Gasteiger partial charge is 0.314 e. The normalized spacial score (nSPS) is 16.6. The van der Waals surface area contributed by atoms with Gasteiger partial charge in [-0.25, -0.2) is 0 Å². The van der Waals surface area contributed by atoms with Crippen molar-refractivity contribution in [3.63, 3.8) is 0 Å². The third kappa shape index (κ3) is 3.65. The van der Waals surface area contributed by atoms with Gasteiger partial charge in [0.1, 0.15) is 0 Å². The average Bonchev–Trinajstić information content (AvgIpc) is 2.52. The zero-order valence-corrected chi connectivity index (χ0v) is 13.9. The summed E-state index contributed by atoms with van der Waals surface area (Å²) < 4.78 is 245. The molecular weight excluding hydrogens is 507 g/mol. The van der Waals surface area contributed by atoms with E-state index in [1.54, 1.807) is 0 Å². The molecule has 20 heteroatoms. The third-order valence-corrected chi connectivity index (χ3v) is 3.58. The van der Waals surface area contributed by atoms with Gasteiger partial charge in [0, 0.05) is 0 Å². The number of hydrogen-bond acceptors (Lipinski definition) is 1. The summed E-state index contributed by atoms with van der Waals surface area (Å²) in [4.78, 5) is 0. The van der Waals surface area contributed by atoms with E-state index in [0.29, 0.717) is 0 Å². The van der Waals surface area contributed by atoms with Crippen molar-refractivity contribution in [2.75, 3.05) is 13.6 Å². The van der Waals surface area contributed by atoms with Gasteiger partial charge in [-0.1, -0.05) is 0 Å². The van der Waals surface area contributed by atoms with Crippen molar-refractivity contribution in [2.45, 2.75) is 53.6 Å². The van der Waals surface area contributed by atoms with E-state index >= 15 is 0 Å². The molecule has 31 heavy (non-hydrogen) atoms. The van der Waals surface area contributed by atoms with Crippen LogP contribution in [-0.2, 0) is 0 Å². The second kappa shape index (κ2) is 7.32. The number of nitrogens with one attached hydrogen (secondary N) is 1. The maximum absolute atomic E-state index is 13.3. The van der Waals surface area contributed by atoms with Crippen LogP contribution in [0.25, 0.3) is 0 Å². The highest BCUT2D eigenvalue weighted by Gasteiger charge is 2.96. The van der Waals surface area contributed by atoms with Gasteiger partial charge in [0.05, 0.1) is 6.54 Å². The Bertz CT molecular complexity index is 644. The fourth-order valence-electron chi connectivity index (χ4n) is 1.73. The van der Waals surface area contributed by atoms with Crippen molar-refractivity contribution in [1.29, 1.82) is 0 Å². The Balaban J connectivity index is 6.84. The molecule has 0 fully saturated rings. The minimum atomic E-state index is -8.87. The molecular formula is C11H6F19N. The Morgan fingerprint density at radius 1 is 0.387 bits per heavy atom. The molecule has 0 aromatic heterocycles. The quantitative estimate of drug-likeness (QED) is 0.382. The number of halogens is 19. The van der Waals surface area contributed by atoms with Crippen LogP contribution in [0, 0.1) is 0 Å². The van der Waals surface area contributed by atoms with Crippen molar-refractivity contribution in [3.05, 3.63) is 0 Å². The van der Waals surface area contributed by atoms with Crippen molar-refractivity contribution >= 4 is 0 Å². The second-order valence-electron chi connectivity index (χ2n) is 5.75. The topological polar surface area (TPSA) is 12.0 Å². The van der Waals surface area contributed by atoms with Gasteiger partial charge in [0.25, 0.3) is 0 Å². The summed E-state index contributed by atoms with van der Waals surface area (Å²) in [6.45, 7) is -2.73. The number of rotatable bonds is 9. The first-order valence-electron chi connectivity index (χ1n) is 6.80. The molecule has 0 spiro atoms. The Morgan fingerprint density at radius 3 is 0.839 bits per heavy atom. The first kappa shape index (κ1) is 29.6. The fourth-order valence-corrected chi connectivity index (χ4v) is 1.73. The molecule has 0 aromatic rings. The van der Waals surface area contributed by atoms with E-state index in [2.05, 4.69) is 0 Å². The molecule has 1 N–H and O–H groups in total. The second-order valence-corrected chi connectivity index (χ2v) is 5.75. The Hall–Kier alpha value is -1.37. The van der Waals surface area contributed by atoms with Crippen molar-refractivity contribution in [1.82, 2.24) is 5.32 Å². The van der Waals surface area contributed by atoms with Gasteiger partial charge in [-0.3, -0.25) is 0 Å². The Labute approximate surface area is 157 Å². The van der Waals surface area contributed by atoms with E-state index in [1.165, 1.54) is 0 Å². The van der Waals surface area contributed by atoms with Crippen LogP contribution in [0.5, 0.6) is 0 Å². The molecule has 0 aliphatic heterocycles. The summed E-state index contributed by atoms with van der Waals surface area (Å²) in [6.07, 6.45) is -7.88. The van der Waals surface area contributed by atoms with E-state index in [1.807, 2.05) is 0 Å². The molecule has 0 aliphatic rings. The molecule has 0 unspecified atom stereocenters. The van der Waals surface area contributed by atoms with Gasteiger partial charge < -0.3 is 5.32 Å². The molecule has 0 aromatic carbocycles. The van der Waals surface area contributed by atoms with Crippen LogP contribution >= 0.6 is 0 Å². The lowest BCUT2D eigenvalue weighted by molar-refractivity contribution is -0.468. The Kier molecular flexibility index (Phi) is 7.00. The monoisotopic (exact) mass is 513 g/mol. The maximum Gasteiger partial charge on any atom is 0.460 e. The molecule has 188 valence electrons. The third-order valence-electron chi connectivity index (χ3n) is 3.58. The molecule has 0 rings (SSSR count). The van der Waals surface area contributed by atoms with Gasteiger partial charge in [0.2, 0.25) is 0 Å². The molecule has 0 radical (unpaired) electrons. The van der Waals surface area contributed by atoms with Gasteiger partial charge >= 0.3 is 53.6 Å². The molecule has 1 nitrogen and oxygen atoms in total. The van der Waals surface area contributed by atoms with Crippen molar-refractivity contribution < 1.29 is 83.4 Å². The maximum atomic E-state index is 13.3. The fraction of sp³-hybridized carbons (Fsp3) is 1.00. The highest BCUT2D eigenvalue weighted by atomic mass is 19.4. The lowest BCUT2D eigenvalue weighted by Gasteiger charge is -2.43. The van der Waals surface area contributed by atoms with E-state index < -0.39 is 60.1 Å². The van der Waals surface area contributed by atoms with Crippen LogP contribution in [0.1, 0.15) is 0 Å². The number of alkyl halides is 19. The zero-order valence-electron chi connectivity index (χ0n) is 13.9. The van der Waals surface area contributed by atoms with Crippen LogP contribution in [0.4, 0.5) is 83.4 Å². The first-order chi connectivity index (χ1) is 13.1. The summed E-state index contributed by atoms with van der Waals surface area (Å²) in [6, 6.07) is 0. The van der Waals surface area contributed by atoms with E-state index in [4.69, 9.17) is 0 Å². The lowest BCUT2D eigenvalue weighted by Crippen LogP contribution is -2.76. The summed E-state index contributed by atoms with van der Waals surface area (Å²) in [5.74, 6) is -66.1. The lowest BCUT2D eigenvalue weighted by atomic mass is 9.87. The average molecular weight is 513 g/mol. The van der Waals surface area contributed by atoms with E-state index in [0.717, 1.165) is 5.32 Å². The van der Waals surface area contributed by atoms with Crippen molar-refractivity contribution in [3.8, 4) is 0 Å². The van der Waals surface area contributed by atoms with Gasteiger partial charge in [0.15, 0.2) is 0 Å². The molecule has 0 saturated carbocycles. The molecule has 0 saturated heterocycles. The SMILES string of the molecule is CNCC(F)(F)C(F)(F)C(F)(F)C(F)(F)C(F)(F)C(F)(F)C(F)(F)C(F)(F)C(F)(F)F. The summed E-state index contributed by atoms with van der Waals surface area (Å²) in [5, 5.41) is 0.979. The molecule has 0 bridgehead atoms. The highest BCUT2D eigenvalue weighted by Crippen LogP contribution is 2.65. The van der Waals surface area contributed by atoms with Crippen LogP contribution < -0.4 is 5.32 Å². The first-order valence-corrected chi connectivity index (χ1v) is 6.80. The summed E-state index contributed by atoms with van der Waals surface area (Å²) in [7, 11) is 0.281. The summed E-state index contributed by atoms with van der Waals surface area (Å²) >= 11 is 0. The molecule has 0 amide bonds. The van der Waals surface area contributed by atoms with Gasteiger partial charge in [-0.15, -0.1) is 0 Å². The standard InChI is InChI=1S/C11H6F19N/c1-31-2-3(12,13)4(14,15)5(16,17)6(18,19)7(20,21)8(22,23)9(24,25)10(26,27)11(28,29)30/h31H,2H2,1H3. The predicted octanol–water partition coefficient (Wildman–Crippen LogP) is 5.85. The van der Waals surface area contributed by atoms with Crippen LogP contribution in [0.3, 0.4) is 0 Å².